The molecule has 0 atom stereocenters. The minimum atomic E-state index is -0.437. The topological polar surface area (TPSA) is 69.7 Å². The van der Waals surface area contributed by atoms with Crippen LogP contribution in [0, 0.1) is 13.8 Å². The van der Waals surface area contributed by atoms with Crippen LogP contribution in [0.15, 0.2) is 11.2 Å². The van der Waals surface area contributed by atoms with E-state index in [9.17, 15) is 0 Å². The number of aromatic nitrogens is 1. The van der Waals surface area contributed by atoms with Crippen molar-refractivity contribution in [2.75, 3.05) is 0 Å². The van der Waals surface area contributed by atoms with E-state index in [-0.39, 0.29) is 16.5 Å². The summed E-state index contributed by atoms with van der Waals surface area (Å²) >= 11 is 5.62. The molecule has 0 spiro atoms. The molecular formula is C14H21BClN3O2. The van der Waals surface area contributed by atoms with Crippen LogP contribution >= 0.6 is 11.6 Å². The van der Waals surface area contributed by atoms with Crippen molar-refractivity contribution in [1.82, 2.24) is 4.98 Å². The molecule has 7 heteroatoms. The van der Waals surface area contributed by atoms with E-state index >= 15 is 0 Å². The van der Waals surface area contributed by atoms with Crippen LogP contribution < -0.4 is 11.2 Å². The average molecular weight is 310 g/mol. The Kier molecular flexibility index (Phi) is 4.08. The fraction of sp³-hybridized carbons (Fsp3) is 0.571. The zero-order valence-corrected chi connectivity index (χ0v) is 14.1. The second-order valence-electron chi connectivity index (χ2n) is 6.31. The molecule has 2 rings (SSSR count). The first-order valence-electron chi connectivity index (χ1n) is 6.86. The third-order valence-corrected chi connectivity index (χ3v) is 4.46. The van der Waals surface area contributed by atoms with Crippen molar-refractivity contribution in [2.45, 2.75) is 52.7 Å². The fourth-order valence-electron chi connectivity index (χ4n) is 2.13. The third-order valence-electron chi connectivity index (χ3n) is 4.38. The van der Waals surface area contributed by atoms with Crippen LogP contribution in [0.2, 0.25) is 0 Å². The number of hydrogen-bond acceptors (Lipinski definition) is 4. The van der Waals surface area contributed by atoms with Crippen LogP contribution in [0.4, 0.5) is 5.82 Å². The lowest BCUT2D eigenvalue weighted by molar-refractivity contribution is 0.00578. The first-order valence-corrected chi connectivity index (χ1v) is 7.24. The molecule has 0 aromatic carbocycles. The minimum Gasteiger partial charge on any atom is -0.399 e. The van der Waals surface area contributed by atoms with E-state index in [1.165, 1.54) is 0 Å². The van der Waals surface area contributed by atoms with Gasteiger partial charge in [0.05, 0.1) is 11.2 Å². The van der Waals surface area contributed by atoms with E-state index in [0.29, 0.717) is 5.82 Å². The number of amidine groups is 1. The highest BCUT2D eigenvalue weighted by Gasteiger charge is 2.52. The normalized spacial score (nSPS) is 20.9. The zero-order chi connectivity index (χ0) is 16.0. The number of nitrogens with zero attached hydrogens (tertiary/aromatic N) is 2. The van der Waals surface area contributed by atoms with Gasteiger partial charge in [-0.15, -0.1) is 0 Å². The summed E-state index contributed by atoms with van der Waals surface area (Å²) in [6, 6.07) is 0. The lowest BCUT2D eigenvalue weighted by atomic mass is 9.76. The molecule has 1 aliphatic rings. The molecule has 0 unspecified atom stereocenters. The van der Waals surface area contributed by atoms with Crippen molar-refractivity contribution in [3.63, 3.8) is 0 Å². The Morgan fingerprint density at radius 3 is 2.19 bits per heavy atom. The number of hydrogen-bond donors (Lipinski definition) is 1. The van der Waals surface area contributed by atoms with Gasteiger partial charge < -0.3 is 15.0 Å². The predicted octanol–water partition coefficient (Wildman–Crippen LogP) is 2.18. The Morgan fingerprint density at radius 1 is 1.19 bits per heavy atom. The fourth-order valence-corrected chi connectivity index (χ4v) is 2.21. The maximum absolute atomic E-state index is 6.06. The van der Waals surface area contributed by atoms with Gasteiger partial charge in [-0.3, -0.25) is 0 Å². The molecule has 0 bridgehead atoms. The van der Waals surface area contributed by atoms with E-state index in [2.05, 4.69) is 9.98 Å². The summed E-state index contributed by atoms with van der Waals surface area (Å²) in [5, 5.41) is -0.0339. The molecule has 21 heavy (non-hydrogen) atoms. The summed E-state index contributed by atoms with van der Waals surface area (Å²) in [7, 11) is -0.437. The Labute approximate surface area is 131 Å². The molecule has 0 radical (unpaired) electrons. The summed E-state index contributed by atoms with van der Waals surface area (Å²) in [6.07, 6.45) is 1.71. The molecule has 5 nitrogen and oxygen atoms in total. The van der Waals surface area contributed by atoms with Crippen molar-refractivity contribution >= 4 is 35.3 Å². The third kappa shape index (κ3) is 2.93. The van der Waals surface area contributed by atoms with Crippen molar-refractivity contribution < 1.29 is 9.31 Å². The maximum Gasteiger partial charge on any atom is 0.496 e. The molecule has 0 saturated carbocycles. The van der Waals surface area contributed by atoms with Gasteiger partial charge in [-0.1, -0.05) is 0 Å². The molecule has 1 fully saturated rings. The molecule has 1 saturated heterocycles. The Morgan fingerprint density at radius 2 is 1.71 bits per heavy atom. The second kappa shape index (κ2) is 5.27. The van der Waals surface area contributed by atoms with Gasteiger partial charge in [0, 0.05) is 11.7 Å². The SMILES string of the molecule is Cc1c(B2OC(C)(C)C(C)(C)O2)cnc(N=C(N)Cl)c1C. The molecule has 0 aliphatic carbocycles. The van der Waals surface area contributed by atoms with E-state index in [0.717, 1.165) is 16.6 Å². The molecule has 2 N–H and O–H groups in total. The lowest BCUT2D eigenvalue weighted by Gasteiger charge is -2.32. The number of halogens is 1. The van der Waals surface area contributed by atoms with Crippen LogP contribution in [0.3, 0.4) is 0 Å². The van der Waals surface area contributed by atoms with Gasteiger partial charge in [0.25, 0.3) is 0 Å². The van der Waals surface area contributed by atoms with Gasteiger partial charge >= 0.3 is 7.12 Å². The van der Waals surface area contributed by atoms with Gasteiger partial charge in [-0.25, -0.2) is 9.98 Å². The van der Waals surface area contributed by atoms with Crippen LogP contribution in [0.25, 0.3) is 0 Å². The van der Waals surface area contributed by atoms with Crippen molar-refractivity contribution in [3.05, 3.63) is 17.3 Å². The van der Waals surface area contributed by atoms with Crippen molar-refractivity contribution in [2.24, 2.45) is 10.7 Å². The quantitative estimate of drug-likeness (QED) is 0.393. The predicted molar refractivity (Wildman–Crippen MR) is 86.6 cm³/mol. The largest absolute Gasteiger partial charge is 0.496 e. The van der Waals surface area contributed by atoms with Crippen LogP contribution in [-0.4, -0.2) is 28.6 Å². The molecular weight excluding hydrogens is 288 g/mol. The van der Waals surface area contributed by atoms with Crippen molar-refractivity contribution in [3.8, 4) is 0 Å². The number of aliphatic imine (C=N–C) groups is 1. The highest BCUT2D eigenvalue weighted by molar-refractivity contribution is 6.64. The number of rotatable bonds is 2. The molecule has 0 amide bonds. The number of pyridine rings is 1. The Hall–Kier alpha value is -1.11. The molecule has 114 valence electrons. The minimum absolute atomic E-state index is 0.0339. The Bertz CT molecular complexity index is 582. The highest BCUT2D eigenvalue weighted by Crippen LogP contribution is 2.37. The Balaban J connectivity index is 2.40. The monoisotopic (exact) mass is 309 g/mol. The summed E-state index contributed by atoms with van der Waals surface area (Å²) in [5.41, 5.74) is 7.46. The van der Waals surface area contributed by atoms with E-state index < -0.39 is 7.12 Å². The van der Waals surface area contributed by atoms with Gasteiger partial charge in [-0.2, -0.15) is 0 Å². The van der Waals surface area contributed by atoms with E-state index in [1.807, 2.05) is 41.5 Å². The average Bonchev–Trinajstić information content (AvgIpc) is 2.54. The zero-order valence-electron chi connectivity index (χ0n) is 13.3. The highest BCUT2D eigenvalue weighted by atomic mass is 35.5. The van der Waals surface area contributed by atoms with E-state index in [1.54, 1.807) is 6.20 Å². The smallest absolute Gasteiger partial charge is 0.399 e. The maximum atomic E-state index is 6.06. The first kappa shape index (κ1) is 16.3. The van der Waals surface area contributed by atoms with Crippen molar-refractivity contribution in [1.29, 1.82) is 0 Å². The standard InChI is InChI=1S/C14H21BClN3O2/c1-8-9(2)11(19-12(16)17)18-7-10(8)15-20-13(3,4)14(5,6)21-15/h7H,1-6H3,(H2,17,18,19). The first-order chi connectivity index (χ1) is 9.55. The summed E-state index contributed by atoms with van der Waals surface area (Å²) in [6.45, 7) is 12.0. The van der Waals surface area contributed by atoms with Crippen LogP contribution in [0.1, 0.15) is 38.8 Å². The van der Waals surface area contributed by atoms with Crippen LogP contribution in [0.5, 0.6) is 0 Å². The van der Waals surface area contributed by atoms with Gasteiger partial charge in [-0.05, 0) is 64.3 Å². The molecule has 1 aromatic heterocycles. The molecule has 2 heterocycles. The van der Waals surface area contributed by atoms with Gasteiger partial charge in [0.15, 0.2) is 11.1 Å². The summed E-state index contributed by atoms with van der Waals surface area (Å²) in [5.74, 6) is 0.514. The molecule has 1 aromatic rings. The molecule has 1 aliphatic heterocycles. The van der Waals surface area contributed by atoms with Crippen LogP contribution in [-0.2, 0) is 9.31 Å². The van der Waals surface area contributed by atoms with Gasteiger partial charge in [0.2, 0.25) is 0 Å². The van der Waals surface area contributed by atoms with E-state index in [4.69, 9.17) is 26.6 Å². The van der Waals surface area contributed by atoms with Gasteiger partial charge in [0.1, 0.15) is 0 Å². The second-order valence-corrected chi connectivity index (χ2v) is 6.70. The summed E-state index contributed by atoms with van der Waals surface area (Å²) < 4.78 is 12.1. The summed E-state index contributed by atoms with van der Waals surface area (Å²) in [4.78, 5) is 8.32. The lowest BCUT2D eigenvalue weighted by Crippen LogP contribution is -2.41. The number of nitrogens with two attached hydrogens (primary N) is 1.